The van der Waals surface area contributed by atoms with Crippen molar-refractivity contribution in [3.05, 3.63) is 23.1 Å². The molecule has 19 heteroatoms. The number of aromatic nitrogens is 4. The monoisotopic (exact) mass is 700 g/mol. The minimum atomic E-state index is -5.03. The van der Waals surface area contributed by atoms with Gasteiger partial charge in [0, 0.05) is 44.1 Å². The number of rotatable bonds is 3. The Kier molecular flexibility index (Phi) is 12.2. The Morgan fingerprint density at radius 3 is 2.15 bits per heavy atom. The zero-order valence-corrected chi connectivity index (χ0v) is 27.0. The molecule has 2 aliphatic heterocycles. The highest BCUT2D eigenvalue weighted by molar-refractivity contribution is 5.96. The molecule has 4 N–H and O–H groups in total. The topological polar surface area (TPSA) is 123 Å². The summed E-state index contributed by atoms with van der Waals surface area (Å²) in [7, 11) is 3.01. The molecule has 0 bridgehead atoms. The number of likely N-dealkylation sites (tertiary alicyclic amines) is 1. The van der Waals surface area contributed by atoms with Crippen LogP contribution in [-0.4, -0.2) is 89.9 Å². The molecule has 2 aliphatic rings. The summed E-state index contributed by atoms with van der Waals surface area (Å²) >= 11 is 0. The zero-order chi connectivity index (χ0) is 36.2. The molecule has 1 atom stereocenters. The highest BCUT2D eigenvalue weighted by Crippen LogP contribution is 2.43. The van der Waals surface area contributed by atoms with E-state index < -0.39 is 93.7 Å². The minimum Gasteiger partial charge on any atom is -0.467 e. The van der Waals surface area contributed by atoms with Gasteiger partial charge in [0.05, 0.1) is 18.4 Å². The minimum absolute atomic E-state index is 0.104. The number of halogens is 9. The normalized spacial score (nSPS) is 17.8. The first-order valence-corrected chi connectivity index (χ1v) is 14.9. The lowest BCUT2D eigenvalue weighted by atomic mass is 9.95. The lowest BCUT2D eigenvalue weighted by Gasteiger charge is -2.39. The van der Waals surface area contributed by atoms with Crippen LogP contribution in [0.2, 0.25) is 0 Å². The predicted molar refractivity (Wildman–Crippen MR) is 161 cm³/mol. The van der Waals surface area contributed by atoms with Gasteiger partial charge in [0.25, 0.3) is 5.92 Å². The number of hydrogen-bond donors (Lipinski definition) is 3. The van der Waals surface area contributed by atoms with Crippen LogP contribution < -0.4 is 25.8 Å². The predicted octanol–water partition coefficient (Wildman–Crippen LogP) is 6.09. The van der Waals surface area contributed by atoms with E-state index in [1.54, 1.807) is 0 Å². The fourth-order valence-electron chi connectivity index (χ4n) is 4.92. The molecular weight excluding hydrogens is 663 g/mol. The fraction of sp³-hybridized carbons (Fsp3) is 0.586. The van der Waals surface area contributed by atoms with Crippen LogP contribution in [0.25, 0.3) is 22.2 Å². The molecule has 1 fully saturated rings. The van der Waals surface area contributed by atoms with E-state index in [9.17, 15) is 35.1 Å². The molecule has 0 spiro atoms. The summed E-state index contributed by atoms with van der Waals surface area (Å²) in [6.45, 7) is 7.35. The van der Waals surface area contributed by atoms with Crippen molar-refractivity contribution in [2.75, 3.05) is 57.9 Å². The van der Waals surface area contributed by atoms with Crippen LogP contribution >= 0.6 is 0 Å². The highest BCUT2D eigenvalue weighted by Gasteiger charge is 2.44. The summed E-state index contributed by atoms with van der Waals surface area (Å²) in [6, 6.07) is 0.335. The van der Waals surface area contributed by atoms with Crippen molar-refractivity contribution in [2.24, 2.45) is 5.92 Å². The van der Waals surface area contributed by atoms with Gasteiger partial charge < -0.3 is 30.7 Å². The van der Waals surface area contributed by atoms with Crippen molar-refractivity contribution in [1.29, 1.82) is 0 Å². The summed E-state index contributed by atoms with van der Waals surface area (Å²) in [5.74, 6) is -5.63. The number of alkyl halides is 8. The highest BCUT2D eigenvalue weighted by atomic mass is 19.4. The Bertz CT molecular complexity index is 1560. The third kappa shape index (κ3) is 8.97. The average Bonchev–Trinajstić information content (AvgIpc) is 3.00. The van der Waals surface area contributed by atoms with E-state index in [4.69, 9.17) is 15.2 Å². The lowest BCUT2D eigenvalue weighted by molar-refractivity contribution is -0.196. The number of hydrogen-bond acceptors (Lipinski definition) is 10. The number of methoxy groups -OCH3 is 1. The van der Waals surface area contributed by atoms with Gasteiger partial charge in [0.2, 0.25) is 5.88 Å². The molecular formula is C29H37F9N8O2. The second-order valence-corrected chi connectivity index (χ2v) is 10.9. The van der Waals surface area contributed by atoms with Gasteiger partial charge in [-0.2, -0.15) is 36.3 Å². The first-order valence-electron chi connectivity index (χ1n) is 14.9. The van der Waals surface area contributed by atoms with Crippen LogP contribution in [0.1, 0.15) is 38.4 Å². The number of pyridine rings is 2. The number of anilines is 2. The van der Waals surface area contributed by atoms with Gasteiger partial charge in [-0.15, -0.1) is 0 Å². The number of ether oxygens (including phenoxy) is 2. The Labute approximate surface area is 270 Å². The standard InChI is InChI=1S/C21H20F7N7O2.C6H11F2N.C2H6/c1-8-13(21(26,27)28)9(7-11(29)32-8)15-14(22)16-12-17(35-19(34-16)36-2)31-6-5-30-4-3-10(20(23,24)25)37-18(12)33-15;1-6(7,8)5-3-9(2)4-5;1-2/h7,10,30H,3-6H2,1-2H3,(H2,29,32)(H,31,34,35);5H,3-4H2,1-2H3;1-2H3. The van der Waals surface area contributed by atoms with Crippen LogP contribution in [0.3, 0.4) is 0 Å². The average molecular weight is 701 g/mol. The Morgan fingerprint density at radius 1 is 0.979 bits per heavy atom. The molecule has 0 aromatic carbocycles. The van der Waals surface area contributed by atoms with Gasteiger partial charge in [-0.05, 0) is 33.5 Å². The second-order valence-electron chi connectivity index (χ2n) is 10.9. The summed E-state index contributed by atoms with van der Waals surface area (Å²) in [4.78, 5) is 17.2. The number of nitrogens with zero attached hydrogens (tertiary/aromatic N) is 5. The van der Waals surface area contributed by atoms with E-state index in [2.05, 4.69) is 30.6 Å². The van der Waals surface area contributed by atoms with Crippen molar-refractivity contribution in [3.63, 3.8) is 0 Å². The molecule has 3 aromatic rings. The van der Waals surface area contributed by atoms with Crippen LogP contribution in [0.15, 0.2) is 6.07 Å². The van der Waals surface area contributed by atoms with Crippen LogP contribution in [0.5, 0.6) is 11.9 Å². The third-order valence-corrected chi connectivity index (χ3v) is 7.25. The fourth-order valence-corrected chi connectivity index (χ4v) is 4.92. The second kappa shape index (κ2) is 15.1. The molecule has 5 rings (SSSR count). The summed E-state index contributed by atoms with van der Waals surface area (Å²) in [5.41, 5.74) is 1.19. The summed E-state index contributed by atoms with van der Waals surface area (Å²) in [6.07, 6.45) is -12.9. The van der Waals surface area contributed by atoms with E-state index in [-0.39, 0.29) is 25.5 Å². The summed E-state index contributed by atoms with van der Waals surface area (Å²) < 4.78 is 134. The molecule has 3 aromatic heterocycles. The molecule has 0 aliphatic carbocycles. The van der Waals surface area contributed by atoms with Crippen molar-refractivity contribution in [1.82, 2.24) is 30.2 Å². The number of nitrogens with one attached hydrogen (secondary N) is 2. The van der Waals surface area contributed by atoms with Crippen molar-refractivity contribution >= 4 is 22.5 Å². The molecule has 48 heavy (non-hydrogen) atoms. The maximum atomic E-state index is 15.9. The molecule has 1 unspecified atom stereocenters. The van der Waals surface area contributed by atoms with Gasteiger partial charge in [-0.25, -0.2) is 23.1 Å². The van der Waals surface area contributed by atoms with Gasteiger partial charge in [-0.3, -0.25) is 0 Å². The van der Waals surface area contributed by atoms with Gasteiger partial charge in [-0.1, -0.05) is 13.8 Å². The Morgan fingerprint density at radius 2 is 1.62 bits per heavy atom. The third-order valence-electron chi connectivity index (χ3n) is 7.25. The van der Waals surface area contributed by atoms with Crippen LogP contribution in [0.4, 0.5) is 51.1 Å². The number of nitrogen functional groups attached to an aromatic ring is 1. The Balaban J connectivity index is 0.000000486. The van der Waals surface area contributed by atoms with Gasteiger partial charge >= 0.3 is 18.4 Å². The first kappa shape index (κ1) is 38.6. The van der Waals surface area contributed by atoms with Crippen LogP contribution in [0, 0.1) is 18.7 Å². The smallest absolute Gasteiger partial charge is 0.425 e. The number of nitrogens with two attached hydrogens (primary N) is 1. The SMILES string of the molecule is CC.CN1CC(C(C)(F)F)C1.COc1nc2c3c(nc(-c4cc(N)nc(C)c4C(F)(F)F)c(F)c3n1)OC(C(F)(F)F)CCNCCN2. The maximum Gasteiger partial charge on any atom is 0.425 e. The van der Waals surface area contributed by atoms with E-state index in [0.29, 0.717) is 13.1 Å². The molecule has 0 amide bonds. The quantitative estimate of drug-likeness (QED) is 0.277. The molecule has 268 valence electrons. The largest absolute Gasteiger partial charge is 0.467 e. The van der Waals surface area contributed by atoms with Crippen LogP contribution in [-0.2, 0) is 6.18 Å². The zero-order valence-electron chi connectivity index (χ0n) is 27.0. The van der Waals surface area contributed by atoms with Gasteiger partial charge in [0.1, 0.15) is 28.2 Å². The molecule has 5 heterocycles. The molecule has 0 radical (unpaired) electrons. The lowest BCUT2D eigenvalue weighted by Crippen LogP contribution is -2.51. The number of aryl methyl sites for hydroxylation is 1. The van der Waals surface area contributed by atoms with E-state index in [1.807, 2.05) is 25.8 Å². The molecule has 10 nitrogen and oxygen atoms in total. The molecule has 1 saturated heterocycles. The van der Waals surface area contributed by atoms with Crippen molar-refractivity contribution in [3.8, 4) is 23.1 Å². The maximum absolute atomic E-state index is 15.9. The molecule has 0 saturated carbocycles. The van der Waals surface area contributed by atoms with E-state index >= 15 is 4.39 Å². The Hall–Kier alpha value is -3.87. The van der Waals surface area contributed by atoms with E-state index in [0.717, 1.165) is 27.0 Å². The van der Waals surface area contributed by atoms with Crippen molar-refractivity contribution in [2.45, 2.75) is 58.5 Å². The van der Waals surface area contributed by atoms with Crippen molar-refractivity contribution < 1.29 is 49.0 Å². The van der Waals surface area contributed by atoms with Gasteiger partial charge in [0.15, 0.2) is 11.9 Å². The first-order chi connectivity index (χ1) is 22.3. The summed E-state index contributed by atoms with van der Waals surface area (Å²) in [5, 5.41) is 5.22. The van der Waals surface area contributed by atoms with E-state index in [1.165, 1.54) is 0 Å².